The van der Waals surface area contributed by atoms with Crippen LogP contribution in [0.25, 0.3) is 5.69 Å². The van der Waals surface area contributed by atoms with E-state index in [1.165, 1.54) is 0 Å². The number of nitrogens with two attached hydrogens (primary N) is 1. The minimum absolute atomic E-state index is 0.196. The topological polar surface area (TPSA) is 72.9 Å². The van der Waals surface area contributed by atoms with Gasteiger partial charge in [-0.2, -0.15) is 5.10 Å². The van der Waals surface area contributed by atoms with Gasteiger partial charge in [-0.25, -0.2) is 4.68 Å². The van der Waals surface area contributed by atoms with Crippen molar-refractivity contribution in [2.75, 3.05) is 12.8 Å². The van der Waals surface area contributed by atoms with E-state index in [9.17, 15) is 4.79 Å². The number of nitrogens with one attached hydrogen (secondary N) is 1. The summed E-state index contributed by atoms with van der Waals surface area (Å²) in [5.74, 6) is -0.196. The van der Waals surface area contributed by atoms with Crippen molar-refractivity contribution in [3.63, 3.8) is 0 Å². The number of rotatable bonds is 2. The molecule has 0 spiro atoms. The van der Waals surface area contributed by atoms with Gasteiger partial charge in [-0.05, 0) is 32.0 Å². The van der Waals surface area contributed by atoms with Crippen LogP contribution in [-0.4, -0.2) is 22.7 Å². The zero-order valence-electron chi connectivity index (χ0n) is 11.0. The van der Waals surface area contributed by atoms with E-state index in [-0.39, 0.29) is 5.91 Å². The summed E-state index contributed by atoms with van der Waals surface area (Å²) in [6.45, 7) is 3.66. The lowest BCUT2D eigenvalue weighted by molar-refractivity contribution is 0.0963. The lowest BCUT2D eigenvalue weighted by Crippen LogP contribution is -2.20. The van der Waals surface area contributed by atoms with E-state index in [4.69, 9.17) is 17.3 Å². The number of nitrogens with zero attached hydrogens (tertiary/aromatic N) is 2. The Morgan fingerprint density at radius 1 is 1.42 bits per heavy atom. The molecular weight excluding hydrogens is 264 g/mol. The van der Waals surface area contributed by atoms with Gasteiger partial charge in [0.15, 0.2) is 0 Å². The molecule has 0 saturated carbocycles. The van der Waals surface area contributed by atoms with Gasteiger partial charge >= 0.3 is 0 Å². The van der Waals surface area contributed by atoms with Crippen LogP contribution in [0.2, 0.25) is 5.02 Å². The molecule has 1 heterocycles. The third kappa shape index (κ3) is 2.29. The highest BCUT2D eigenvalue weighted by Crippen LogP contribution is 2.25. The standard InChI is InChI=1S/C13H15ClN4O/c1-7-12(14)8(2)18(17-7)11-6-9(15)4-5-10(11)13(19)16-3/h4-6H,15H2,1-3H3,(H,16,19). The van der Waals surface area contributed by atoms with Crippen molar-refractivity contribution in [2.45, 2.75) is 13.8 Å². The van der Waals surface area contributed by atoms with E-state index >= 15 is 0 Å². The highest BCUT2D eigenvalue weighted by atomic mass is 35.5. The summed E-state index contributed by atoms with van der Waals surface area (Å²) in [6, 6.07) is 5.07. The van der Waals surface area contributed by atoms with Crippen LogP contribution >= 0.6 is 11.6 Å². The second-order valence-electron chi connectivity index (χ2n) is 4.25. The summed E-state index contributed by atoms with van der Waals surface area (Å²) in [7, 11) is 1.58. The van der Waals surface area contributed by atoms with Crippen LogP contribution in [0.5, 0.6) is 0 Å². The predicted molar refractivity (Wildman–Crippen MR) is 75.9 cm³/mol. The van der Waals surface area contributed by atoms with Crippen molar-refractivity contribution in [3.05, 3.63) is 40.2 Å². The first kappa shape index (κ1) is 13.4. The van der Waals surface area contributed by atoms with Gasteiger partial charge in [0.05, 0.1) is 27.7 Å². The third-order valence-electron chi connectivity index (χ3n) is 2.92. The number of amides is 1. The Balaban J connectivity index is 2.69. The number of carbonyl (C=O) groups excluding carboxylic acids is 1. The van der Waals surface area contributed by atoms with Gasteiger partial charge in [0.1, 0.15) is 0 Å². The van der Waals surface area contributed by atoms with Crippen molar-refractivity contribution in [1.82, 2.24) is 15.1 Å². The Hall–Kier alpha value is -2.01. The average Bonchev–Trinajstić information content (AvgIpc) is 2.65. The number of hydrogen-bond acceptors (Lipinski definition) is 3. The summed E-state index contributed by atoms with van der Waals surface area (Å²) in [6.07, 6.45) is 0. The molecule has 0 fully saturated rings. The van der Waals surface area contributed by atoms with E-state index < -0.39 is 0 Å². The molecule has 3 N–H and O–H groups in total. The maximum absolute atomic E-state index is 11.9. The molecule has 2 rings (SSSR count). The first-order valence-corrected chi connectivity index (χ1v) is 6.17. The molecule has 2 aromatic rings. The zero-order chi connectivity index (χ0) is 14.2. The normalized spacial score (nSPS) is 10.5. The minimum Gasteiger partial charge on any atom is -0.399 e. The third-order valence-corrected chi connectivity index (χ3v) is 3.47. The Kier molecular flexibility index (Phi) is 3.48. The second-order valence-corrected chi connectivity index (χ2v) is 4.63. The van der Waals surface area contributed by atoms with E-state index in [2.05, 4.69) is 10.4 Å². The summed E-state index contributed by atoms with van der Waals surface area (Å²) in [4.78, 5) is 11.9. The summed E-state index contributed by atoms with van der Waals surface area (Å²) < 4.78 is 1.64. The quantitative estimate of drug-likeness (QED) is 0.826. The molecular formula is C13H15ClN4O. The first-order valence-electron chi connectivity index (χ1n) is 5.79. The smallest absolute Gasteiger partial charge is 0.253 e. The minimum atomic E-state index is -0.196. The average molecular weight is 279 g/mol. The van der Waals surface area contributed by atoms with E-state index in [1.807, 2.05) is 13.8 Å². The number of carbonyl (C=O) groups is 1. The summed E-state index contributed by atoms with van der Waals surface area (Å²) in [5, 5.41) is 7.53. The van der Waals surface area contributed by atoms with Crippen LogP contribution in [0.15, 0.2) is 18.2 Å². The zero-order valence-corrected chi connectivity index (χ0v) is 11.7. The second kappa shape index (κ2) is 4.93. The van der Waals surface area contributed by atoms with Gasteiger partial charge in [-0.1, -0.05) is 11.6 Å². The molecule has 0 bridgehead atoms. The number of aryl methyl sites for hydroxylation is 1. The van der Waals surface area contributed by atoms with Gasteiger partial charge in [0.25, 0.3) is 5.91 Å². The fourth-order valence-electron chi connectivity index (χ4n) is 1.91. The van der Waals surface area contributed by atoms with Crippen LogP contribution in [0.4, 0.5) is 5.69 Å². The lowest BCUT2D eigenvalue weighted by Gasteiger charge is -2.11. The summed E-state index contributed by atoms with van der Waals surface area (Å²) in [5.41, 5.74) is 8.96. The highest BCUT2D eigenvalue weighted by Gasteiger charge is 2.17. The number of benzene rings is 1. The summed E-state index contributed by atoms with van der Waals surface area (Å²) >= 11 is 6.14. The van der Waals surface area contributed by atoms with Crippen LogP contribution in [0, 0.1) is 13.8 Å². The fourth-order valence-corrected chi connectivity index (χ4v) is 2.03. The number of nitrogen functional groups attached to an aromatic ring is 1. The van der Waals surface area contributed by atoms with E-state index in [0.29, 0.717) is 27.7 Å². The van der Waals surface area contributed by atoms with Gasteiger partial charge in [-0.3, -0.25) is 4.79 Å². The number of aromatic nitrogens is 2. The molecule has 0 radical (unpaired) electrons. The number of halogens is 1. The number of anilines is 1. The molecule has 0 aliphatic rings. The molecule has 100 valence electrons. The Morgan fingerprint density at radius 2 is 2.11 bits per heavy atom. The molecule has 1 aromatic carbocycles. The first-order chi connectivity index (χ1) is 8.95. The monoisotopic (exact) mass is 278 g/mol. The molecule has 0 atom stereocenters. The Bertz CT molecular complexity index is 648. The molecule has 6 heteroatoms. The van der Waals surface area contributed by atoms with Gasteiger partial charge < -0.3 is 11.1 Å². The molecule has 0 saturated heterocycles. The van der Waals surface area contributed by atoms with Crippen LogP contribution < -0.4 is 11.1 Å². The van der Waals surface area contributed by atoms with Crippen LogP contribution in [0.3, 0.4) is 0 Å². The van der Waals surface area contributed by atoms with Crippen molar-refractivity contribution >= 4 is 23.2 Å². The molecule has 0 unspecified atom stereocenters. The fraction of sp³-hybridized carbons (Fsp3) is 0.231. The Labute approximate surface area is 116 Å². The maximum atomic E-state index is 11.9. The Morgan fingerprint density at radius 3 is 2.63 bits per heavy atom. The van der Waals surface area contributed by atoms with Crippen molar-refractivity contribution in [1.29, 1.82) is 0 Å². The number of hydrogen-bond donors (Lipinski definition) is 2. The molecule has 0 aliphatic carbocycles. The molecule has 1 amide bonds. The van der Waals surface area contributed by atoms with E-state index in [0.717, 1.165) is 5.69 Å². The van der Waals surface area contributed by atoms with Crippen LogP contribution in [0.1, 0.15) is 21.7 Å². The van der Waals surface area contributed by atoms with Crippen LogP contribution in [-0.2, 0) is 0 Å². The largest absolute Gasteiger partial charge is 0.399 e. The van der Waals surface area contributed by atoms with Crippen molar-refractivity contribution in [2.24, 2.45) is 0 Å². The van der Waals surface area contributed by atoms with Crippen molar-refractivity contribution < 1.29 is 4.79 Å². The molecule has 19 heavy (non-hydrogen) atoms. The molecule has 0 aliphatic heterocycles. The van der Waals surface area contributed by atoms with Crippen molar-refractivity contribution in [3.8, 4) is 5.69 Å². The van der Waals surface area contributed by atoms with E-state index in [1.54, 1.807) is 29.9 Å². The van der Waals surface area contributed by atoms with Gasteiger partial charge in [0.2, 0.25) is 0 Å². The highest BCUT2D eigenvalue weighted by molar-refractivity contribution is 6.31. The SMILES string of the molecule is CNC(=O)c1ccc(N)cc1-n1nc(C)c(Cl)c1C. The lowest BCUT2D eigenvalue weighted by atomic mass is 10.1. The predicted octanol–water partition coefficient (Wildman–Crippen LogP) is 2.08. The molecule has 1 aromatic heterocycles. The maximum Gasteiger partial charge on any atom is 0.253 e. The van der Waals surface area contributed by atoms with Gasteiger partial charge in [-0.15, -0.1) is 0 Å². The molecule has 5 nitrogen and oxygen atoms in total. The van der Waals surface area contributed by atoms with Gasteiger partial charge in [0, 0.05) is 12.7 Å².